The Bertz CT molecular complexity index is 178. The van der Waals surface area contributed by atoms with Crippen LogP contribution in [-0.4, -0.2) is 6.16 Å². The van der Waals surface area contributed by atoms with E-state index >= 15 is 0 Å². The first kappa shape index (κ1) is 165. The van der Waals surface area contributed by atoms with Crippen LogP contribution in [0.25, 0.3) is 0 Å². The van der Waals surface area contributed by atoms with Gasteiger partial charge in [-0.1, -0.05) is 28.8 Å². The molecule has 0 amide bonds. The van der Waals surface area contributed by atoms with Crippen molar-refractivity contribution in [3.63, 3.8) is 0 Å². The molecule has 0 nitrogen and oxygen atoms in total. The second kappa shape index (κ2) is 158. The Kier molecular flexibility index (Phi) is 635. The molecule has 1 rings (SSSR count). The summed E-state index contributed by atoms with van der Waals surface area (Å²) in [6, 6.07) is 0. The van der Waals surface area contributed by atoms with Crippen molar-refractivity contribution in [1.29, 1.82) is 0 Å². The first-order valence-electron chi connectivity index (χ1n) is 5.70. The molecule has 1 aliphatic carbocycles. The van der Waals surface area contributed by atoms with E-state index < -0.39 is 0 Å². The maximum absolute atomic E-state index is 4.07. The van der Waals surface area contributed by atoms with Gasteiger partial charge in [0.2, 0.25) is 0 Å². The molecule has 1 fully saturated rings. The standard InChI is InChI=1S/C9H16P.2H5P3.2H4P2.H3P.20Y/c1-6-7(2)9(4-5-10)8(6)3;2*1-3-2;2*1-2;;;;;;;;;;;;;;;;;;;;;/h4,6-9H,1-2,5,10H2,3H3;2*3H,1-2H2;2*1-2H2;1H3;;;;;;;;;;;;;;;;;;;;/q-3;;;;;;;;;;;;;;;;;;;;;;;;;. The molecule has 0 aliphatic heterocycles. The quantitative estimate of drug-likeness (QED) is 0.234. The summed E-state index contributed by atoms with van der Waals surface area (Å²) in [5, 5.41) is 0. The Balaban J connectivity index is -0.00000000333. The van der Waals surface area contributed by atoms with Crippen molar-refractivity contribution in [3.05, 3.63) is 20.3 Å². The van der Waals surface area contributed by atoms with Crippen LogP contribution in [0.3, 0.4) is 0 Å². The SMILES string of the molecule is P.PP.PP.PPP.PPP.[CH2-]C1C([CH2-])C([CH-]CP)C1C.[Y].[Y].[Y].[Y].[Y].[Y].[Y].[Y].[Y].[Y].[Y].[Y].[Y].[Y].[Y].[Y].[Y].[Y].[Y].[Y]. The first-order chi connectivity index (χ1) is 9.51. The van der Waals surface area contributed by atoms with Gasteiger partial charge in [0.05, 0.1) is 0 Å². The minimum absolute atomic E-state index is 0. The fourth-order valence-corrected chi connectivity index (χ4v) is 2.07. The molecule has 0 spiro atoms. The second-order valence-electron chi connectivity index (χ2n) is 3.57. The molecule has 1 saturated carbocycles. The monoisotopic (exact) mass is 2300 g/mol. The zero-order valence-electron chi connectivity index (χ0n) is 24.5. The molecule has 0 aromatic heterocycles. The van der Waals surface area contributed by atoms with Gasteiger partial charge in [-0.25, -0.2) is 5.92 Å². The summed E-state index contributed by atoms with van der Waals surface area (Å²) in [6.07, 6.45) is 3.43. The fraction of sp³-hybridized carbons (Fsp3) is 0.667. The summed E-state index contributed by atoms with van der Waals surface area (Å²) >= 11 is 0. The number of hydrogen-bond donors (Lipinski definition) is 0. The van der Waals surface area contributed by atoms with Gasteiger partial charge in [0.1, 0.15) is 0 Å². The van der Waals surface area contributed by atoms with E-state index in [1.165, 1.54) is 0 Å². The van der Waals surface area contributed by atoms with Crippen LogP contribution in [0.2, 0.25) is 0 Å². The average molecular weight is 2300 g/mol. The molecule has 14 unspecified atom stereocenters. The van der Waals surface area contributed by atoms with Gasteiger partial charge in [-0.05, 0) is 0 Å². The minimum Gasteiger partial charge on any atom is -0.345 e. The van der Waals surface area contributed by atoms with Crippen LogP contribution < -0.4 is 0 Å². The number of hydrogen-bond acceptors (Lipinski definition) is 0. The predicted octanol–water partition coefficient (Wildman–Crippen LogP) is 6.03. The summed E-state index contributed by atoms with van der Waals surface area (Å²) in [5.74, 6) is 2.62. The molecule has 20 radical (unpaired) electrons. The van der Waals surface area contributed by atoms with E-state index in [0.717, 1.165) is 33.9 Å². The molecule has 196 valence electrons. The first-order valence-corrected chi connectivity index (χ1v) is 21.1. The van der Waals surface area contributed by atoms with Crippen LogP contribution in [0.4, 0.5) is 0 Å². The zero-order chi connectivity index (χ0) is 17.1. The topological polar surface area (TPSA) is 0 Å². The molecule has 0 aromatic rings. The third kappa shape index (κ3) is 134. The Labute approximate surface area is 790 Å². The van der Waals surface area contributed by atoms with Gasteiger partial charge in [0.15, 0.2) is 0 Å². The molecular formula is C9H37P12Y20-3. The third-order valence-electron chi connectivity index (χ3n) is 2.74. The second-order valence-corrected chi connectivity index (χ2v) is 12.7. The molecule has 0 saturated heterocycles. The molecular weight excluding hydrogens is 2260 g/mol. The van der Waals surface area contributed by atoms with E-state index in [2.05, 4.69) is 108 Å². The van der Waals surface area contributed by atoms with Crippen LogP contribution in [0.15, 0.2) is 0 Å². The van der Waals surface area contributed by atoms with E-state index in [1.807, 2.05) is 0 Å². The molecule has 41 heavy (non-hydrogen) atoms. The van der Waals surface area contributed by atoms with Gasteiger partial charge in [-0.3, -0.25) is 0 Å². The van der Waals surface area contributed by atoms with Crippen LogP contribution in [0.1, 0.15) is 6.92 Å². The Morgan fingerprint density at radius 3 is 0.732 bits per heavy atom. The van der Waals surface area contributed by atoms with Crippen molar-refractivity contribution in [2.45, 2.75) is 6.92 Å². The summed E-state index contributed by atoms with van der Waals surface area (Å²) in [6.45, 7) is 10.4. The molecule has 0 heterocycles. The minimum atomic E-state index is 0. The van der Waals surface area contributed by atoms with Crippen molar-refractivity contribution < 1.29 is 654 Å². The van der Waals surface area contributed by atoms with Crippen molar-refractivity contribution in [1.82, 2.24) is 0 Å². The molecule has 0 aromatic carbocycles. The molecule has 0 bridgehead atoms. The van der Waals surface area contributed by atoms with Crippen LogP contribution in [-0.2, 0) is 654 Å². The van der Waals surface area contributed by atoms with Gasteiger partial charge < -0.3 is 20.3 Å². The summed E-state index contributed by atoms with van der Waals surface area (Å²) in [4.78, 5) is 0. The third-order valence-corrected chi connectivity index (χ3v) is 3.01. The van der Waals surface area contributed by atoms with Crippen molar-refractivity contribution >= 4 is 106 Å². The number of rotatable bonds is 2. The Hall–Kier alpha value is 27.2. The van der Waals surface area contributed by atoms with Gasteiger partial charge in [0.25, 0.3) is 0 Å². The van der Waals surface area contributed by atoms with E-state index in [1.54, 1.807) is 0 Å². The summed E-state index contributed by atoms with van der Waals surface area (Å²) < 4.78 is 0. The van der Waals surface area contributed by atoms with Crippen molar-refractivity contribution in [2.24, 2.45) is 23.7 Å². The van der Waals surface area contributed by atoms with Crippen molar-refractivity contribution in [3.8, 4) is 0 Å². The van der Waals surface area contributed by atoms with Crippen LogP contribution >= 0.6 is 106 Å². The smallest absolute Gasteiger partial charge is 0 e. The Morgan fingerprint density at radius 1 is 0.488 bits per heavy atom. The van der Waals surface area contributed by atoms with E-state index in [9.17, 15) is 0 Å². The van der Waals surface area contributed by atoms with E-state index in [0.29, 0.717) is 11.8 Å². The van der Waals surface area contributed by atoms with Crippen LogP contribution in [0.5, 0.6) is 0 Å². The largest absolute Gasteiger partial charge is 0.345 e. The molecule has 32 heteroatoms. The van der Waals surface area contributed by atoms with Gasteiger partial charge in [-0.15, -0.1) is 71.4 Å². The summed E-state index contributed by atoms with van der Waals surface area (Å²) in [7, 11) is 24.2. The molecule has 14 atom stereocenters. The van der Waals surface area contributed by atoms with Gasteiger partial charge in [0, 0.05) is 654 Å². The van der Waals surface area contributed by atoms with E-state index in [4.69, 9.17) is 0 Å². The van der Waals surface area contributed by atoms with Crippen molar-refractivity contribution in [2.75, 3.05) is 6.16 Å². The van der Waals surface area contributed by atoms with Gasteiger partial charge >= 0.3 is 0 Å². The normalized spacial score (nSPS) is 12.6. The fourth-order valence-electron chi connectivity index (χ4n) is 1.75. The average Bonchev–Trinajstić information content (AvgIpc) is 2.49. The maximum atomic E-state index is 4.07. The maximum Gasteiger partial charge on any atom is 0 e. The van der Waals surface area contributed by atoms with Gasteiger partial charge in [-0.2, -0.15) is 37.1 Å². The molecule has 1 aliphatic rings. The molecule has 0 N–H and O–H groups in total. The Morgan fingerprint density at radius 2 is 0.634 bits per heavy atom. The van der Waals surface area contributed by atoms with Crippen LogP contribution in [0, 0.1) is 43.9 Å². The zero-order valence-corrected chi connectivity index (χ0v) is 95.0. The van der Waals surface area contributed by atoms with E-state index in [-0.39, 0.29) is 664 Å². The predicted molar refractivity (Wildman–Crippen MR) is 155 cm³/mol. The summed E-state index contributed by atoms with van der Waals surface area (Å²) in [5.41, 5.74) is 0.